The highest BCUT2D eigenvalue weighted by atomic mass is 31.0. The Kier molecular flexibility index (Phi) is 4.32. The third-order valence-electron chi connectivity index (χ3n) is 6.64. The number of rotatable bonds is 2. The van der Waals surface area contributed by atoms with Gasteiger partial charge in [0.1, 0.15) is 19.3 Å². The van der Waals surface area contributed by atoms with Crippen LogP contribution in [0, 0.1) is 6.92 Å². The highest BCUT2D eigenvalue weighted by Gasteiger charge is 2.50. The van der Waals surface area contributed by atoms with Gasteiger partial charge in [-0.2, -0.15) is 0 Å². The van der Waals surface area contributed by atoms with Crippen molar-refractivity contribution < 1.29 is 9.47 Å². The highest BCUT2D eigenvalue weighted by molar-refractivity contribution is 7.27. The SMILES string of the molecule is BCOc1ccc2c(c1)-c1cc(P)ccc1C21Oc2cc(B)ccc2-c2ccc(C)cc21. The molecular weight excluding hydrogens is 409 g/mol. The molecular formula is C27H23B2O2P. The molecule has 1 aliphatic heterocycles. The predicted octanol–water partition coefficient (Wildman–Crippen LogP) is 3.05. The van der Waals surface area contributed by atoms with Gasteiger partial charge in [-0.05, 0) is 53.2 Å². The molecule has 4 aromatic carbocycles. The first kappa shape index (κ1) is 19.7. The fourth-order valence-corrected chi connectivity index (χ4v) is 5.55. The van der Waals surface area contributed by atoms with Gasteiger partial charge in [-0.3, -0.25) is 0 Å². The molecule has 4 aromatic rings. The van der Waals surface area contributed by atoms with Crippen molar-refractivity contribution >= 4 is 35.7 Å². The summed E-state index contributed by atoms with van der Waals surface area (Å²) >= 11 is 0. The van der Waals surface area contributed by atoms with Crippen LogP contribution < -0.4 is 20.2 Å². The maximum Gasteiger partial charge on any atom is 0.186 e. The van der Waals surface area contributed by atoms with Crippen LogP contribution in [-0.4, -0.2) is 22.2 Å². The molecule has 0 aromatic heterocycles. The van der Waals surface area contributed by atoms with Crippen molar-refractivity contribution in [3.63, 3.8) is 0 Å². The lowest BCUT2D eigenvalue weighted by Gasteiger charge is -2.39. The Hall–Kier alpha value is -2.96. The van der Waals surface area contributed by atoms with E-state index in [4.69, 9.17) is 9.47 Å². The van der Waals surface area contributed by atoms with Crippen LogP contribution in [-0.2, 0) is 5.60 Å². The first-order valence-corrected chi connectivity index (χ1v) is 11.7. The molecule has 0 N–H and O–H groups in total. The fraction of sp³-hybridized carbons (Fsp3) is 0.111. The molecule has 2 atom stereocenters. The van der Waals surface area contributed by atoms with Gasteiger partial charge in [0, 0.05) is 22.3 Å². The Morgan fingerprint density at radius 3 is 2.38 bits per heavy atom. The smallest absolute Gasteiger partial charge is 0.186 e. The van der Waals surface area contributed by atoms with Crippen molar-refractivity contribution in [3.8, 4) is 33.8 Å². The molecule has 5 heteroatoms. The molecule has 154 valence electrons. The highest BCUT2D eigenvalue weighted by Crippen LogP contribution is 2.58. The van der Waals surface area contributed by atoms with Crippen molar-refractivity contribution in [2.45, 2.75) is 12.5 Å². The minimum atomic E-state index is -0.685. The van der Waals surface area contributed by atoms with Gasteiger partial charge in [-0.15, -0.1) is 9.24 Å². The van der Waals surface area contributed by atoms with E-state index in [0.717, 1.165) is 22.4 Å². The second-order valence-electron chi connectivity index (χ2n) is 8.78. The Balaban J connectivity index is 1.73. The van der Waals surface area contributed by atoms with E-state index in [1.807, 2.05) is 7.85 Å². The van der Waals surface area contributed by atoms with Crippen LogP contribution in [0.2, 0.25) is 0 Å². The average molecular weight is 432 g/mol. The van der Waals surface area contributed by atoms with E-state index < -0.39 is 5.60 Å². The van der Waals surface area contributed by atoms with Crippen LogP contribution in [0.4, 0.5) is 0 Å². The lowest BCUT2D eigenvalue weighted by molar-refractivity contribution is 0.157. The van der Waals surface area contributed by atoms with Crippen molar-refractivity contribution in [1.82, 2.24) is 0 Å². The Morgan fingerprint density at radius 2 is 1.56 bits per heavy atom. The lowest BCUT2D eigenvalue weighted by Crippen LogP contribution is -2.37. The molecule has 1 spiro atoms. The van der Waals surface area contributed by atoms with Gasteiger partial charge in [-0.1, -0.05) is 59.6 Å². The summed E-state index contributed by atoms with van der Waals surface area (Å²) in [5, 5.41) is 1.16. The second kappa shape index (κ2) is 7.02. The largest absolute Gasteiger partial charge is 0.503 e. The molecule has 1 heterocycles. The third kappa shape index (κ3) is 2.66. The van der Waals surface area contributed by atoms with Gasteiger partial charge in [0.05, 0.1) is 6.51 Å². The Bertz CT molecular complexity index is 1420. The van der Waals surface area contributed by atoms with Crippen LogP contribution in [0.5, 0.6) is 11.5 Å². The average Bonchev–Trinajstić information content (AvgIpc) is 3.03. The lowest BCUT2D eigenvalue weighted by atomic mass is 9.76. The fourth-order valence-electron chi connectivity index (χ4n) is 5.29. The molecule has 2 aliphatic rings. The number of fused-ring (bicyclic) bond motifs is 9. The molecule has 32 heavy (non-hydrogen) atoms. The molecule has 0 saturated heterocycles. The zero-order valence-electron chi connectivity index (χ0n) is 18.5. The predicted molar refractivity (Wildman–Crippen MR) is 141 cm³/mol. The maximum atomic E-state index is 7.09. The topological polar surface area (TPSA) is 18.5 Å². The van der Waals surface area contributed by atoms with E-state index >= 15 is 0 Å². The minimum Gasteiger partial charge on any atom is -0.503 e. The summed E-state index contributed by atoms with van der Waals surface area (Å²) in [4.78, 5) is 0. The van der Waals surface area contributed by atoms with Crippen LogP contribution in [0.3, 0.4) is 0 Å². The summed E-state index contributed by atoms with van der Waals surface area (Å²) in [5.74, 6) is 1.82. The zero-order valence-corrected chi connectivity index (χ0v) is 19.7. The second-order valence-corrected chi connectivity index (χ2v) is 9.44. The number of hydrogen-bond acceptors (Lipinski definition) is 2. The van der Waals surface area contributed by atoms with Crippen LogP contribution >= 0.6 is 9.24 Å². The van der Waals surface area contributed by atoms with Gasteiger partial charge in [0.2, 0.25) is 0 Å². The van der Waals surface area contributed by atoms with Crippen molar-refractivity contribution in [1.29, 1.82) is 0 Å². The van der Waals surface area contributed by atoms with Crippen LogP contribution in [0.25, 0.3) is 22.3 Å². The Morgan fingerprint density at radius 1 is 0.812 bits per heavy atom. The molecule has 0 radical (unpaired) electrons. The van der Waals surface area contributed by atoms with E-state index in [1.54, 1.807) is 0 Å². The summed E-state index contributed by atoms with van der Waals surface area (Å²) in [5.41, 5.74) is 10.1. The number of benzene rings is 4. The number of ether oxygens (including phenoxy) is 2. The quantitative estimate of drug-likeness (QED) is 0.358. The van der Waals surface area contributed by atoms with E-state index in [2.05, 4.69) is 96.8 Å². The standard InChI is InChI=1S/C27H23B2O2P/c1-15-2-6-19-20-7-3-16(29)11-26(20)31-27(25(19)10-15)23-8-4-17(30-14-28)12-21(23)22-13-18(32)5-9-24(22)27/h2-13H,14,28-29,32H2,1H3. The van der Waals surface area contributed by atoms with Gasteiger partial charge in [-0.25, -0.2) is 0 Å². The molecule has 1 aliphatic carbocycles. The Labute approximate surface area is 193 Å². The monoisotopic (exact) mass is 432 g/mol. The van der Waals surface area contributed by atoms with Gasteiger partial charge in [0.25, 0.3) is 0 Å². The van der Waals surface area contributed by atoms with Gasteiger partial charge in [0.15, 0.2) is 13.4 Å². The van der Waals surface area contributed by atoms with E-state index in [-0.39, 0.29) is 0 Å². The van der Waals surface area contributed by atoms with E-state index in [9.17, 15) is 0 Å². The normalized spacial score (nSPS) is 17.2. The van der Waals surface area contributed by atoms with Crippen molar-refractivity contribution in [3.05, 3.63) is 95.1 Å². The number of aryl methyl sites for hydroxylation is 1. The zero-order chi connectivity index (χ0) is 22.0. The van der Waals surface area contributed by atoms with Gasteiger partial charge >= 0.3 is 0 Å². The molecule has 0 amide bonds. The van der Waals surface area contributed by atoms with Crippen LogP contribution in [0.1, 0.15) is 22.3 Å². The molecule has 2 nitrogen and oxygen atoms in total. The summed E-state index contributed by atoms with van der Waals surface area (Å²) in [6.45, 7) is 2.80. The molecule has 6 rings (SSSR count). The minimum absolute atomic E-state index is 0.644. The van der Waals surface area contributed by atoms with E-state index in [1.165, 1.54) is 44.4 Å². The summed E-state index contributed by atoms with van der Waals surface area (Å²) in [6.07, 6.45) is 0. The molecule has 0 fully saturated rings. The molecule has 0 saturated carbocycles. The summed E-state index contributed by atoms with van der Waals surface area (Å²) in [7, 11) is 6.97. The summed E-state index contributed by atoms with van der Waals surface area (Å²) in [6, 6.07) is 26.3. The van der Waals surface area contributed by atoms with Crippen molar-refractivity contribution in [2.24, 2.45) is 0 Å². The summed E-state index contributed by atoms with van der Waals surface area (Å²) < 4.78 is 13.0. The first-order valence-electron chi connectivity index (χ1n) is 11.1. The molecule has 2 unspecified atom stereocenters. The molecule has 0 bridgehead atoms. The van der Waals surface area contributed by atoms with Crippen LogP contribution in [0.15, 0.2) is 72.8 Å². The first-order chi connectivity index (χ1) is 15.5. The van der Waals surface area contributed by atoms with Gasteiger partial charge < -0.3 is 9.47 Å². The number of hydrogen-bond donors (Lipinski definition) is 0. The van der Waals surface area contributed by atoms with E-state index in [0.29, 0.717) is 6.51 Å². The van der Waals surface area contributed by atoms with Crippen molar-refractivity contribution in [2.75, 3.05) is 6.51 Å². The maximum absolute atomic E-state index is 7.09. The third-order valence-corrected chi connectivity index (χ3v) is 7.00.